The Balaban J connectivity index is 1.99. The predicted octanol–water partition coefficient (Wildman–Crippen LogP) is 4.24. The average Bonchev–Trinajstić information content (AvgIpc) is 2.40. The molecule has 0 saturated carbocycles. The predicted molar refractivity (Wildman–Crippen MR) is 87.7 cm³/mol. The average molecular weight is 282 g/mol. The van der Waals surface area contributed by atoms with E-state index in [-0.39, 0.29) is 6.03 Å². The molecule has 2 aromatic rings. The molecule has 0 radical (unpaired) electrons. The van der Waals surface area contributed by atoms with Crippen LogP contribution in [0.4, 0.5) is 10.5 Å². The van der Waals surface area contributed by atoms with Gasteiger partial charge in [-0.1, -0.05) is 47.5 Å². The number of nitrogens with one attached hydrogen (secondary N) is 2. The number of carbonyl (C=O) groups excluding carboxylic acids is 1. The van der Waals surface area contributed by atoms with Crippen LogP contribution in [-0.4, -0.2) is 6.03 Å². The van der Waals surface area contributed by atoms with Gasteiger partial charge in [0.2, 0.25) is 0 Å². The minimum atomic E-state index is -0.174. The smallest absolute Gasteiger partial charge is 0.319 e. The van der Waals surface area contributed by atoms with Gasteiger partial charge in [0, 0.05) is 12.2 Å². The van der Waals surface area contributed by atoms with E-state index in [0.717, 1.165) is 22.4 Å². The van der Waals surface area contributed by atoms with Crippen molar-refractivity contribution in [2.45, 2.75) is 34.2 Å². The molecule has 0 fully saturated rings. The van der Waals surface area contributed by atoms with E-state index in [4.69, 9.17) is 0 Å². The van der Waals surface area contributed by atoms with Crippen LogP contribution in [0.3, 0.4) is 0 Å². The van der Waals surface area contributed by atoms with E-state index in [0.29, 0.717) is 6.54 Å². The van der Waals surface area contributed by atoms with Gasteiger partial charge in [0.05, 0.1) is 0 Å². The van der Waals surface area contributed by atoms with Gasteiger partial charge in [-0.3, -0.25) is 0 Å². The number of hydrogen-bond acceptors (Lipinski definition) is 1. The molecule has 3 nitrogen and oxygen atoms in total. The second-order valence-electron chi connectivity index (χ2n) is 5.57. The lowest BCUT2D eigenvalue weighted by atomic mass is 10.1. The third kappa shape index (κ3) is 4.09. The molecule has 0 saturated heterocycles. The number of hydrogen-bond donors (Lipinski definition) is 2. The van der Waals surface area contributed by atoms with Crippen LogP contribution in [0.1, 0.15) is 27.8 Å². The summed E-state index contributed by atoms with van der Waals surface area (Å²) >= 11 is 0. The van der Waals surface area contributed by atoms with Gasteiger partial charge in [-0.25, -0.2) is 4.79 Å². The van der Waals surface area contributed by atoms with Crippen LogP contribution in [0.25, 0.3) is 0 Å². The zero-order chi connectivity index (χ0) is 15.4. The van der Waals surface area contributed by atoms with Crippen LogP contribution in [-0.2, 0) is 6.54 Å². The number of urea groups is 1. The van der Waals surface area contributed by atoms with Gasteiger partial charge in [0.1, 0.15) is 0 Å². The molecule has 2 rings (SSSR count). The van der Waals surface area contributed by atoms with E-state index in [1.807, 2.05) is 39.0 Å². The standard InChI is InChI=1S/C18H22N2O/c1-12-6-5-7-16(10-12)11-19-18(21)20-17-14(3)8-13(2)9-15(17)4/h5-10H,11H2,1-4H3,(H2,19,20,21). The van der Waals surface area contributed by atoms with Crippen molar-refractivity contribution in [3.05, 3.63) is 64.2 Å². The van der Waals surface area contributed by atoms with Crippen LogP contribution < -0.4 is 10.6 Å². The van der Waals surface area contributed by atoms with Gasteiger partial charge in [0.15, 0.2) is 0 Å². The first kappa shape index (κ1) is 15.1. The quantitative estimate of drug-likeness (QED) is 0.868. The molecular formula is C18H22N2O. The molecule has 0 heterocycles. The molecule has 0 aliphatic rings. The van der Waals surface area contributed by atoms with E-state index in [9.17, 15) is 4.79 Å². The number of amides is 2. The lowest BCUT2D eigenvalue weighted by Gasteiger charge is -2.13. The van der Waals surface area contributed by atoms with Crippen molar-refractivity contribution in [3.8, 4) is 0 Å². The molecule has 2 N–H and O–H groups in total. The number of rotatable bonds is 3. The van der Waals surface area contributed by atoms with E-state index in [2.05, 4.69) is 35.8 Å². The summed E-state index contributed by atoms with van der Waals surface area (Å²) in [5.41, 5.74) is 6.55. The van der Waals surface area contributed by atoms with Crippen molar-refractivity contribution < 1.29 is 4.79 Å². The Hall–Kier alpha value is -2.29. The van der Waals surface area contributed by atoms with Gasteiger partial charge in [0.25, 0.3) is 0 Å². The third-order valence-electron chi connectivity index (χ3n) is 3.45. The summed E-state index contributed by atoms with van der Waals surface area (Å²) in [4.78, 5) is 12.0. The molecule has 110 valence electrons. The number of aryl methyl sites for hydroxylation is 4. The van der Waals surface area contributed by atoms with Crippen LogP contribution in [0.5, 0.6) is 0 Å². The third-order valence-corrected chi connectivity index (χ3v) is 3.45. The first-order valence-electron chi connectivity index (χ1n) is 7.14. The first-order valence-corrected chi connectivity index (χ1v) is 7.14. The zero-order valence-electron chi connectivity index (χ0n) is 13.1. The minimum absolute atomic E-state index is 0.174. The van der Waals surface area contributed by atoms with Gasteiger partial charge < -0.3 is 10.6 Å². The van der Waals surface area contributed by atoms with Gasteiger partial charge in [-0.15, -0.1) is 0 Å². The summed E-state index contributed by atoms with van der Waals surface area (Å²) in [5.74, 6) is 0. The Morgan fingerprint density at radius 1 is 0.952 bits per heavy atom. The van der Waals surface area contributed by atoms with Crippen molar-refractivity contribution in [2.75, 3.05) is 5.32 Å². The molecule has 0 spiro atoms. The molecule has 0 unspecified atom stereocenters. The fraction of sp³-hybridized carbons (Fsp3) is 0.278. The molecule has 2 amide bonds. The maximum atomic E-state index is 12.0. The largest absolute Gasteiger partial charge is 0.334 e. The molecule has 0 aliphatic heterocycles. The summed E-state index contributed by atoms with van der Waals surface area (Å²) in [6.07, 6.45) is 0. The monoisotopic (exact) mass is 282 g/mol. The minimum Gasteiger partial charge on any atom is -0.334 e. The zero-order valence-corrected chi connectivity index (χ0v) is 13.1. The molecule has 0 bridgehead atoms. The Kier molecular flexibility index (Phi) is 4.63. The highest BCUT2D eigenvalue weighted by Crippen LogP contribution is 2.21. The fourth-order valence-electron chi connectivity index (χ4n) is 2.54. The summed E-state index contributed by atoms with van der Waals surface area (Å²) < 4.78 is 0. The number of anilines is 1. The van der Waals surface area contributed by atoms with Crippen molar-refractivity contribution in [2.24, 2.45) is 0 Å². The lowest BCUT2D eigenvalue weighted by Crippen LogP contribution is -2.28. The first-order chi connectivity index (χ1) is 9.95. The van der Waals surface area contributed by atoms with Gasteiger partial charge in [-0.05, 0) is 44.4 Å². The summed E-state index contributed by atoms with van der Waals surface area (Å²) in [6.45, 7) is 8.65. The molecule has 0 atom stereocenters. The second kappa shape index (κ2) is 6.44. The highest BCUT2D eigenvalue weighted by Gasteiger charge is 2.07. The Morgan fingerprint density at radius 2 is 1.62 bits per heavy atom. The molecular weight excluding hydrogens is 260 g/mol. The normalized spacial score (nSPS) is 10.3. The highest BCUT2D eigenvalue weighted by atomic mass is 16.2. The van der Waals surface area contributed by atoms with Crippen molar-refractivity contribution in [1.29, 1.82) is 0 Å². The van der Waals surface area contributed by atoms with E-state index < -0.39 is 0 Å². The summed E-state index contributed by atoms with van der Waals surface area (Å²) in [7, 11) is 0. The molecule has 0 aromatic heterocycles. The number of carbonyl (C=O) groups is 1. The highest BCUT2D eigenvalue weighted by molar-refractivity contribution is 5.91. The summed E-state index contributed by atoms with van der Waals surface area (Å²) in [5, 5.41) is 5.83. The molecule has 3 heteroatoms. The Labute approximate surface area is 126 Å². The van der Waals surface area contributed by atoms with E-state index in [1.54, 1.807) is 0 Å². The second-order valence-corrected chi connectivity index (χ2v) is 5.57. The van der Waals surface area contributed by atoms with Crippen LogP contribution in [0.15, 0.2) is 36.4 Å². The van der Waals surface area contributed by atoms with Gasteiger partial charge >= 0.3 is 6.03 Å². The Morgan fingerprint density at radius 3 is 2.24 bits per heavy atom. The van der Waals surface area contributed by atoms with Crippen LogP contribution in [0.2, 0.25) is 0 Å². The summed E-state index contributed by atoms with van der Waals surface area (Å²) in [6, 6.07) is 12.1. The SMILES string of the molecule is Cc1cccc(CNC(=O)Nc2c(C)cc(C)cc2C)c1. The van der Waals surface area contributed by atoms with Crippen LogP contribution >= 0.6 is 0 Å². The molecule has 21 heavy (non-hydrogen) atoms. The van der Waals surface area contributed by atoms with Crippen molar-refractivity contribution in [3.63, 3.8) is 0 Å². The molecule has 0 aliphatic carbocycles. The lowest BCUT2D eigenvalue weighted by molar-refractivity contribution is 0.251. The maximum Gasteiger partial charge on any atom is 0.319 e. The van der Waals surface area contributed by atoms with Crippen molar-refractivity contribution in [1.82, 2.24) is 5.32 Å². The van der Waals surface area contributed by atoms with Gasteiger partial charge in [-0.2, -0.15) is 0 Å². The van der Waals surface area contributed by atoms with Crippen molar-refractivity contribution >= 4 is 11.7 Å². The van der Waals surface area contributed by atoms with E-state index in [1.165, 1.54) is 11.1 Å². The Bertz CT molecular complexity index is 639. The van der Waals surface area contributed by atoms with Crippen LogP contribution in [0, 0.1) is 27.7 Å². The topological polar surface area (TPSA) is 41.1 Å². The maximum absolute atomic E-state index is 12.0. The molecule has 2 aromatic carbocycles. The van der Waals surface area contributed by atoms with E-state index >= 15 is 0 Å². The fourth-order valence-corrected chi connectivity index (χ4v) is 2.54. The number of benzene rings is 2.